The van der Waals surface area contributed by atoms with Gasteiger partial charge in [-0.2, -0.15) is 0 Å². The molecule has 0 atom stereocenters. The lowest BCUT2D eigenvalue weighted by atomic mass is 10.2. The van der Waals surface area contributed by atoms with Crippen LogP contribution in [0.3, 0.4) is 0 Å². The van der Waals surface area contributed by atoms with Gasteiger partial charge >= 0.3 is 0 Å². The van der Waals surface area contributed by atoms with Crippen LogP contribution in [0.5, 0.6) is 0 Å². The van der Waals surface area contributed by atoms with E-state index < -0.39 is 21.7 Å². The summed E-state index contributed by atoms with van der Waals surface area (Å²) in [4.78, 5) is 8.79. The van der Waals surface area contributed by atoms with Crippen molar-refractivity contribution in [2.45, 2.75) is 46.1 Å². The summed E-state index contributed by atoms with van der Waals surface area (Å²) in [6.45, 7) is 4.40. The van der Waals surface area contributed by atoms with Crippen molar-refractivity contribution in [3.63, 3.8) is 0 Å². The highest BCUT2D eigenvalue weighted by molar-refractivity contribution is 7.92. The smallest absolute Gasteiger partial charge is 0.232 e. The molecule has 0 radical (unpaired) electrons. The van der Waals surface area contributed by atoms with Gasteiger partial charge in [0.05, 0.1) is 17.0 Å². The molecule has 0 saturated heterocycles. The molecule has 162 valence electrons. The van der Waals surface area contributed by atoms with Gasteiger partial charge in [-0.1, -0.05) is 13.3 Å². The van der Waals surface area contributed by atoms with Crippen LogP contribution < -0.4 is 10.5 Å². The van der Waals surface area contributed by atoms with E-state index in [1.54, 1.807) is 6.20 Å². The predicted octanol–water partition coefficient (Wildman–Crippen LogP) is 3.77. The SMILES string of the molecule is CCCCc1nc2c(N)ncc(C)c2n1CCCS(=O)(=O)Nc1ccc(F)cc1F. The van der Waals surface area contributed by atoms with E-state index in [1.807, 2.05) is 11.5 Å². The number of aryl methyl sites for hydroxylation is 3. The maximum atomic E-state index is 13.8. The van der Waals surface area contributed by atoms with Crippen molar-refractivity contribution in [2.24, 2.45) is 0 Å². The third-order valence-electron chi connectivity index (χ3n) is 4.81. The molecule has 1 aromatic carbocycles. The Morgan fingerprint density at radius 2 is 2.00 bits per heavy atom. The van der Waals surface area contributed by atoms with Crippen LogP contribution in [0.4, 0.5) is 20.3 Å². The molecule has 0 aliphatic carbocycles. The topological polar surface area (TPSA) is 103 Å². The Bertz CT molecular complexity index is 1160. The average molecular weight is 438 g/mol. The summed E-state index contributed by atoms with van der Waals surface area (Å²) in [7, 11) is -3.81. The minimum absolute atomic E-state index is 0.226. The van der Waals surface area contributed by atoms with Crippen LogP contribution in [-0.4, -0.2) is 28.7 Å². The van der Waals surface area contributed by atoms with E-state index in [1.165, 1.54) is 0 Å². The standard InChI is InChI=1S/C20H25F2N5O2S/c1-3-4-6-17-25-18-19(13(2)12-24-20(18)23)27(17)9-5-10-30(28,29)26-16-8-7-14(21)11-15(16)22/h7-8,11-12,26H,3-6,9-10H2,1-2H3,(H2,23,24). The van der Waals surface area contributed by atoms with Gasteiger partial charge in [0.15, 0.2) is 5.82 Å². The van der Waals surface area contributed by atoms with Crippen molar-refractivity contribution in [3.05, 3.63) is 47.4 Å². The number of pyridine rings is 1. The van der Waals surface area contributed by atoms with Crippen molar-refractivity contribution >= 4 is 32.6 Å². The zero-order valence-corrected chi connectivity index (χ0v) is 17.8. The molecule has 0 spiro atoms. The third-order valence-corrected chi connectivity index (χ3v) is 6.16. The number of anilines is 2. The normalized spacial score (nSPS) is 11.9. The highest BCUT2D eigenvalue weighted by Crippen LogP contribution is 2.25. The van der Waals surface area contributed by atoms with E-state index in [0.717, 1.165) is 48.3 Å². The van der Waals surface area contributed by atoms with Crippen molar-refractivity contribution < 1.29 is 17.2 Å². The summed E-state index contributed by atoms with van der Waals surface area (Å²) < 4.78 is 55.7. The number of sulfonamides is 1. The Kier molecular flexibility index (Phi) is 6.55. The lowest BCUT2D eigenvalue weighted by molar-refractivity contribution is 0.579. The van der Waals surface area contributed by atoms with E-state index >= 15 is 0 Å². The molecule has 3 N–H and O–H groups in total. The second kappa shape index (κ2) is 8.95. The van der Waals surface area contributed by atoms with Crippen molar-refractivity contribution in [3.8, 4) is 0 Å². The van der Waals surface area contributed by atoms with Gasteiger partial charge in [-0.15, -0.1) is 0 Å². The van der Waals surface area contributed by atoms with E-state index in [4.69, 9.17) is 5.73 Å². The monoisotopic (exact) mass is 437 g/mol. The average Bonchev–Trinajstić information content (AvgIpc) is 3.05. The number of hydrogen-bond acceptors (Lipinski definition) is 5. The molecule has 0 aliphatic heterocycles. The zero-order valence-electron chi connectivity index (χ0n) is 17.0. The first kappa shape index (κ1) is 21.9. The molecule has 2 heterocycles. The van der Waals surface area contributed by atoms with Gasteiger partial charge in [0.25, 0.3) is 0 Å². The van der Waals surface area contributed by atoms with Gasteiger partial charge < -0.3 is 10.3 Å². The predicted molar refractivity (Wildman–Crippen MR) is 114 cm³/mol. The van der Waals surface area contributed by atoms with E-state index in [0.29, 0.717) is 23.9 Å². The number of imidazole rings is 1. The summed E-state index contributed by atoms with van der Waals surface area (Å²) >= 11 is 0. The van der Waals surface area contributed by atoms with Crippen LogP contribution in [0, 0.1) is 18.6 Å². The number of nitrogen functional groups attached to an aromatic ring is 1. The molecular formula is C20H25F2N5O2S. The van der Waals surface area contributed by atoms with Crippen LogP contribution in [0.15, 0.2) is 24.4 Å². The first-order valence-corrected chi connectivity index (χ1v) is 11.4. The summed E-state index contributed by atoms with van der Waals surface area (Å²) in [5.41, 5.74) is 8.09. The van der Waals surface area contributed by atoms with E-state index in [9.17, 15) is 17.2 Å². The minimum Gasteiger partial charge on any atom is -0.382 e. The van der Waals surface area contributed by atoms with Crippen LogP contribution in [0.1, 0.15) is 37.6 Å². The maximum Gasteiger partial charge on any atom is 0.232 e. The molecular weight excluding hydrogens is 412 g/mol. The van der Waals surface area contributed by atoms with E-state index in [2.05, 4.69) is 21.6 Å². The molecule has 2 aromatic heterocycles. The molecule has 3 aromatic rings. The molecule has 30 heavy (non-hydrogen) atoms. The quantitative estimate of drug-likeness (QED) is 0.530. The fourth-order valence-electron chi connectivity index (χ4n) is 3.34. The van der Waals surface area contributed by atoms with Crippen LogP contribution in [-0.2, 0) is 23.0 Å². The molecule has 10 heteroatoms. The number of rotatable bonds is 9. The molecule has 0 amide bonds. The Hall–Kier alpha value is -2.75. The Morgan fingerprint density at radius 1 is 1.23 bits per heavy atom. The van der Waals surface area contributed by atoms with Crippen molar-refractivity contribution in [1.82, 2.24) is 14.5 Å². The molecule has 3 rings (SSSR count). The highest BCUT2D eigenvalue weighted by atomic mass is 32.2. The largest absolute Gasteiger partial charge is 0.382 e. The first-order chi connectivity index (χ1) is 14.2. The number of benzene rings is 1. The maximum absolute atomic E-state index is 13.8. The Balaban J connectivity index is 1.78. The summed E-state index contributed by atoms with van der Waals surface area (Å²) in [6, 6.07) is 2.70. The Labute approximate surface area is 174 Å². The number of nitrogens with zero attached hydrogens (tertiary/aromatic N) is 3. The number of halogens is 2. The molecule has 7 nitrogen and oxygen atoms in total. The second-order valence-corrected chi connectivity index (χ2v) is 9.05. The Morgan fingerprint density at radius 3 is 2.70 bits per heavy atom. The second-order valence-electron chi connectivity index (χ2n) is 7.21. The van der Waals surface area contributed by atoms with Gasteiger partial charge in [0.1, 0.15) is 23.0 Å². The lowest BCUT2D eigenvalue weighted by Gasteiger charge is -2.12. The number of fused-ring (bicyclic) bond motifs is 1. The van der Waals surface area contributed by atoms with Crippen molar-refractivity contribution in [1.29, 1.82) is 0 Å². The molecule has 0 unspecified atom stereocenters. The number of nitrogens with one attached hydrogen (secondary N) is 1. The third kappa shape index (κ3) is 4.86. The van der Waals surface area contributed by atoms with Gasteiger partial charge in [-0.25, -0.2) is 27.2 Å². The van der Waals surface area contributed by atoms with Gasteiger partial charge in [0, 0.05) is 25.2 Å². The number of aromatic nitrogens is 3. The summed E-state index contributed by atoms with van der Waals surface area (Å²) in [5, 5.41) is 0. The zero-order chi connectivity index (χ0) is 21.9. The number of nitrogens with two attached hydrogens (primary N) is 1. The molecule has 0 fully saturated rings. The molecule has 0 aliphatic rings. The van der Waals surface area contributed by atoms with Gasteiger partial charge in [0.2, 0.25) is 10.0 Å². The van der Waals surface area contributed by atoms with Crippen LogP contribution >= 0.6 is 0 Å². The molecule has 0 saturated carbocycles. The summed E-state index contributed by atoms with van der Waals surface area (Å²) in [5.74, 6) is -0.778. The van der Waals surface area contributed by atoms with Gasteiger partial charge in [-0.3, -0.25) is 4.72 Å². The first-order valence-electron chi connectivity index (χ1n) is 9.77. The van der Waals surface area contributed by atoms with E-state index in [-0.39, 0.29) is 17.9 Å². The minimum atomic E-state index is -3.81. The summed E-state index contributed by atoms with van der Waals surface area (Å²) in [6.07, 6.45) is 4.65. The fourth-order valence-corrected chi connectivity index (χ4v) is 4.45. The lowest BCUT2D eigenvalue weighted by Crippen LogP contribution is -2.19. The van der Waals surface area contributed by atoms with Gasteiger partial charge in [-0.05, 0) is 37.5 Å². The fraction of sp³-hybridized carbons (Fsp3) is 0.400. The molecule has 0 bridgehead atoms. The van der Waals surface area contributed by atoms with Crippen molar-refractivity contribution in [2.75, 3.05) is 16.2 Å². The number of hydrogen-bond donors (Lipinski definition) is 2. The van der Waals surface area contributed by atoms with Crippen LogP contribution in [0.2, 0.25) is 0 Å². The number of unbranched alkanes of at least 4 members (excludes halogenated alkanes) is 1. The highest BCUT2D eigenvalue weighted by Gasteiger charge is 2.18. The van der Waals surface area contributed by atoms with Crippen LogP contribution in [0.25, 0.3) is 11.0 Å².